The van der Waals surface area contributed by atoms with E-state index in [0.717, 1.165) is 25.7 Å². The lowest BCUT2D eigenvalue weighted by molar-refractivity contribution is -0.137. The number of rotatable bonds is 14. The summed E-state index contributed by atoms with van der Waals surface area (Å²) < 4.78 is 0. The van der Waals surface area contributed by atoms with Crippen LogP contribution in [0, 0.1) is 11.8 Å². The molecule has 5 atom stereocenters. The van der Waals surface area contributed by atoms with Crippen LogP contribution in [-0.4, -0.2) is 44.7 Å². The summed E-state index contributed by atoms with van der Waals surface area (Å²) in [5, 5.41) is 39.2. The zero-order chi connectivity index (χ0) is 20.1. The molecule has 0 bridgehead atoms. The molecule has 5 heteroatoms. The second-order valence-electron chi connectivity index (χ2n) is 7.76. The molecule has 156 valence electrons. The van der Waals surface area contributed by atoms with Crippen molar-refractivity contribution < 1.29 is 25.2 Å². The van der Waals surface area contributed by atoms with Gasteiger partial charge in [-0.1, -0.05) is 56.9 Å². The molecule has 0 radical (unpaired) electrons. The first-order valence-electron chi connectivity index (χ1n) is 10.5. The number of hydrogen-bond donors (Lipinski definition) is 4. The molecule has 0 aromatic carbocycles. The number of aliphatic carboxylic acids is 1. The maximum absolute atomic E-state index is 10.5. The van der Waals surface area contributed by atoms with Crippen LogP contribution in [0.3, 0.4) is 0 Å². The Morgan fingerprint density at radius 3 is 2.56 bits per heavy atom. The third-order valence-electron chi connectivity index (χ3n) is 5.42. The number of aliphatic hydroxyl groups excluding tert-OH is 3. The Labute approximate surface area is 163 Å². The van der Waals surface area contributed by atoms with E-state index in [4.69, 9.17) is 5.11 Å². The van der Waals surface area contributed by atoms with Crippen LogP contribution in [0.5, 0.6) is 0 Å². The van der Waals surface area contributed by atoms with Gasteiger partial charge in [0.2, 0.25) is 0 Å². The fourth-order valence-corrected chi connectivity index (χ4v) is 3.81. The Morgan fingerprint density at radius 2 is 1.85 bits per heavy atom. The van der Waals surface area contributed by atoms with Gasteiger partial charge in [-0.05, 0) is 38.0 Å². The molecule has 0 aromatic heterocycles. The highest BCUT2D eigenvalue weighted by atomic mass is 16.4. The molecule has 27 heavy (non-hydrogen) atoms. The van der Waals surface area contributed by atoms with Crippen LogP contribution in [0.25, 0.3) is 0 Å². The first kappa shape index (κ1) is 23.9. The predicted octanol–water partition coefficient (Wildman–Crippen LogP) is 3.82. The normalized spacial score (nSPS) is 27.0. The molecule has 1 saturated carbocycles. The zero-order valence-corrected chi connectivity index (χ0v) is 16.7. The van der Waals surface area contributed by atoms with Crippen molar-refractivity contribution in [1.29, 1.82) is 0 Å². The molecule has 0 unspecified atom stereocenters. The van der Waals surface area contributed by atoms with Gasteiger partial charge in [0, 0.05) is 18.8 Å². The van der Waals surface area contributed by atoms with Crippen molar-refractivity contribution in [3.8, 4) is 0 Å². The monoisotopic (exact) mass is 382 g/mol. The van der Waals surface area contributed by atoms with Crippen LogP contribution in [-0.2, 0) is 4.79 Å². The van der Waals surface area contributed by atoms with Crippen molar-refractivity contribution in [1.82, 2.24) is 0 Å². The maximum Gasteiger partial charge on any atom is 0.303 e. The molecule has 5 nitrogen and oxygen atoms in total. The lowest BCUT2D eigenvalue weighted by Crippen LogP contribution is -2.21. The first-order chi connectivity index (χ1) is 13.0. The smallest absolute Gasteiger partial charge is 0.303 e. The van der Waals surface area contributed by atoms with Gasteiger partial charge < -0.3 is 20.4 Å². The minimum Gasteiger partial charge on any atom is -0.481 e. The van der Waals surface area contributed by atoms with Gasteiger partial charge >= 0.3 is 5.97 Å². The molecule has 0 spiro atoms. The predicted molar refractivity (Wildman–Crippen MR) is 107 cm³/mol. The van der Waals surface area contributed by atoms with Crippen molar-refractivity contribution in [2.45, 2.75) is 95.9 Å². The largest absolute Gasteiger partial charge is 0.481 e. The van der Waals surface area contributed by atoms with Crippen molar-refractivity contribution in [3.05, 3.63) is 24.3 Å². The van der Waals surface area contributed by atoms with Crippen molar-refractivity contribution >= 4 is 5.97 Å². The van der Waals surface area contributed by atoms with E-state index in [-0.39, 0.29) is 18.3 Å². The van der Waals surface area contributed by atoms with E-state index in [1.807, 2.05) is 12.2 Å². The van der Waals surface area contributed by atoms with Crippen LogP contribution >= 0.6 is 0 Å². The lowest BCUT2D eigenvalue weighted by Gasteiger charge is -2.21. The van der Waals surface area contributed by atoms with Crippen molar-refractivity contribution in [3.63, 3.8) is 0 Å². The van der Waals surface area contributed by atoms with Crippen molar-refractivity contribution in [2.75, 3.05) is 0 Å². The Hall–Kier alpha value is -1.17. The summed E-state index contributed by atoms with van der Waals surface area (Å²) in [6, 6.07) is 0. The molecule has 1 aliphatic rings. The van der Waals surface area contributed by atoms with Gasteiger partial charge in [-0.15, -0.1) is 0 Å². The number of aliphatic hydroxyl groups is 3. The SMILES string of the molecule is CCCCC/C=C\C[C@@H](O)/C=C/[C@H]1[C@H](CCCCCC(=O)O)[C@H](O)C[C@@H]1O. The molecular formula is C22H38O5. The van der Waals surface area contributed by atoms with E-state index >= 15 is 0 Å². The first-order valence-corrected chi connectivity index (χ1v) is 10.5. The summed E-state index contributed by atoms with van der Waals surface area (Å²) >= 11 is 0. The molecule has 1 fully saturated rings. The molecule has 0 aliphatic heterocycles. The van der Waals surface area contributed by atoms with E-state index in [2.05, 4.69) is 13.0 Å². The van der Waals surface area contributed by atoms with E-state index in [9.17, 15) is 20.1 Å². The number of allylic oxidation sites excluding steroid dienone is 1. The summed E-state index contributed by atoms with van der Waals surface area (Å²) in [4.78, 5) is 10.5. The van der Waals surface area contributed by atoms with Crippen LogP contribution in [0.2, 0.25) is 0 Å². The number of carboxylic acids is 1. The second-order valence-corrected chi connectivity index (χ2v) is 7.76. The molecule has 4 N–H and O–H groups in total. The third kappa shape index (κ3) is 10.1. The summed E-state index contributed by atoms with van der Waals surface area (Å²) in [5.41, 5.74) is 0. The van der Waals surface area contributed by atoms with Gasteiger partial charge in [-0.2, -0.15) is 0 Å². The topological polar surface area (TPSA) is 98.0 Å². The summed E-state index contributed by atoms with van der Waals surface area (Å²) in [6.45, 7) is 2.18. The number of hydrogen-bond acceptors (Lipinski definition) is 4. The van der Waals surface area contributed by atoms with Gasteiger partial charge in [0.15, 0.2) is 0 Å². The van der Waals surface area contributed by atoms with Crippen LogP contribution in [0.1, 0.15) is 77.6 Å². The number of carbonyl (C=O) groups is 1. The van der Waals surface area contributed by atoms with E-state index in [1.165, 1.54) is 19.3 Å². The molecule has 0 saturated heterocycles. The molecular weight excluding hydrogens is 344 g/mol. The average molecular weight is 383 g/mol. The fourth-order valence-electron chi connectivity index (χ4n) is 3.81. The Kier molecular flexibility index (Phi) is 12.3. The van der Waals surface area contributed by atoms with Crippen molar-refractivity contribution in [2.24, 2.45) is 11.8 Å². The lowest BCUT2D eigenvalue weighted by atomic mass is 9.88. The van der Waals surface area contributed by atoms with Gasteiger partial charge in [-0.25, -0.2) is 0 Å². The Morgan fingerprint density at radius 1 is 1.07 bits per heavy atom. The quantitative estimate of drug-likeness (QED) is 0.270. The summed E-state index contributed by atoms with van der Waals surface area (Å²) in [6.07, 6.45) is 14.8. The Balaban J connectivity index is 2.39. The maximum atomic E-state index is 10.5. The van der Waals surface area contributed by atoms with E-state index in [0.29, 0.717) is 19.3 Å². The highest BCUT2D eigenvalue weighted by Crippen LogP contribution is 2.37. The zero-order valence-electron chi connectivity index (χ0n) is 16.7. The highest BCUT2D eigenvalue weighted by molar-refractivity contribution is 5.66. The highest BCUT2D eigenvalue weighted by Gasteiger charge is 2.39. The molecule has 1 aliphatic carbocycles. The number of unbranched alkanes of at least 4 members (excludes halogenated alkanes) is 5. The van der Waals surface area contributed by atoms with E-state index < -0.39 is 24.3 Å². The third-order valence-corrected chi connectivity index (χ3v) is 5.42. The molecule has 0 aromatic rings. The molecule has 0 heterocycles. The van der Waals surface area contributed by atoms with Crippen LogP contribution in [0.4, 0.5) is 0 Å². The average Bonchev–Trinajstić information content (AvgIpc) is 2.88. The molecule has 0 amide bonds. The summed E-state index contributed by atoms with van der Waals surface area (Å²) in [7, 11) is 0. The van der Waals surface area contributed by atoms with E-state index in [1.54, 1.807) is 6.08 Å². The second kappa shape index (κ2) is 13.9. The van der Waals surface area contributed by atoms with Gasteiger partial charge in [-0.3, -0.25) is 4.79 Å². The van der Waals surface area contributed by atoms with Gasteiger partial charge in [0.1, 0.15) is 0 Å². The fraction of sp³-hybridized carbons (Fsp3) is 0.773. The van der Waals surface area contributed by atoms with Crippen LogP contribution < -0.4 is 0 Å². The van der Waals surface area contributed by atoms with Gasteiger partial charge in [0.25, 0.3) is 0 Å². The molecule has 1 rings (SSSR count). The minimum absolute atomic E-state index is 0.0298. The van der Waals surface area contributed by atoms with Gasteiger partial charge in [0.05, 0.1) is 18.3 Å². The minimum atomic E-state index is -0.777. The number of carboxylic acid groups (broad SMARTS) is 1. The summed E-state index contributed by atoms with van der Waals surface area (Å²) in [5.74, 6) is -0.957. The Bertz CT molecular complexity index is 460. The standard InChI is InChI=1S/C22H38O5/c1-2-3-4-5-6-8-11-17(23)14-15-19-18(20(24)16-21(19)25)12-9-7-10-13-22(26)27/h6,8,14-15,17-21,23-25H,2-5,7,9-13,16H2,1H3,(H,26,27)/b8-6-,15-14+/t17-,18+,19+,20-,21+/m1/s1. The van der Waals surface area contributed by atoms with Crippen LogP contribution in [0.15, 0.2) is 24.3 Å².